The molecule has 0 spiro atoms. The second-order valence-electron chi connectivity index (χ2n) is 10.7. The number of fused-ring (bicyclic) bond motifs is 2. The lowest BCUT2D eigenvalue weighted by Gasteiger charge is -2.34. The van der Waals surface area contributed by atoms with Crippen LogP contribution in [-0.2, 0) is 11.3 Å². The van der Waals surface area contributed by atoms with Crippen LogP contribution >= 0.6 is 0 Å². The normalized spacial score (nSPS) is 16.7. The third kappa shape index (κ3) is 6.10. The molecule has 1 N–H and O–H groups in total. The number of nitrogens with zero attached hydrogens (tertiary/aromatic N) is 5. The van der Waals surface area contributed by atoms with Gasteiger partial charge in [0, 0.05) is 44.8 Å². The molecule has 3 aromatic rings. The predicted molar refractivity (Wildman–Crippen MR) is 160 cm³/mol. The lowest BCUT2D eigenvalue weighted by molar-refractivity contribution is -0.116. The van der Waals surface area contributed by atoms with Crippen molar-refractivity contribution in [3.8, 4) is 0 Å². The molecule has 2 aliphatic rings. The van der Waals surface area contributed by atoms with E-state index in [-0.39, 0.29) is 17.3 Å². The van der Waals surface area contributed by atoms with Crippen LogP contribution in [0.5, 0.6) is 0 Å². The number of benzene rings is 2. The first-order valence-electron chi connectivity index (χ1n) is 14.4. The summed E-state index contributed by atoms with van der Waals surface area (Å²) in [5.74, 6) is 0.283. The van der Waals surface area contributed by atoms with Crippen molar-refractivity contribution in [3.05, 3.63) is 64.0 Å². The summed E-state index contributed by atoms with van der Waals surface area (Å²) in [6.07, 6.45) is 4.05. The molecule has 2 aromatic carbocycles. The van der Waals surface area contributed by atoms with Crippen LogP contribution in [0.25, 0.3) is 22.6 Å². The van der Waals surface area contributed by atoms with Gasteiger partial charge in [-0.25, -0.2) is 9.37 Å². The summed E-state index contributed by atoms with van der Waals surface area (Å²) in [6, 6.07) is 10.8. The molecule has 1 aromatic heterocycles. The van der Waals surface area contributed by atoms with Crippen LogP contribution in [0.2, 0.25) is 0 Å². The van der Waals surface area contributed by atoms with Gasteiger partial charge in [0.25, 0.3) is 5.56 Å². The van der Waals surface area contributed by atoms with E-state index in [1.54, 1.807) is 10.6 Å². The van der Waals surface area contributed by atoms with Crippen molar-refractivity contribution in [1.29, 1.82) is 0 Å². The Balaban J connectivity index is 1.32. The Morgan fingerprint density at radius 1 is 1.07 bits per heavy atom. The molecule has 212 valence electrons. The highest BCUT2D eigenvalue weighted by Gasteiger charge is 2.24. The van der Waals surface area contributed by atoms with Gasteiger partial charge in [0.1, 0.15) is 11.6 Å². The summed E-state index contributed by atoms with van der Waals surface area (Å²) in [4.78, 5) is 37.0. The highest BCUT2D eigenvalue weighted by Crippen LogP contribution is 2.30. The van der Waals surface area contributed by atoms with Crippen LogP contribution in [0.4, 0.5) is 15.8 Å². The Morgan fingerprint density at radius 3 is 2.50 bits per heavy atom. The topological polar surface area (TPSA) is 73.7 Å². The summed E-state index contributed by atoms with van der Waals surface area (Å²) < 4.78 is 16.7. The van der Waals surface area contributed by atoms with Gasteiger partial charge < -0.3 is 20.0 Å². The van der Waals surface area contributed by atoms with Crippen LogP contribution < -0.4 is 15.8 Å². The SMILES string of the molecule is CCN(CC)CCCC(=O)Nc1ccc(/C=C2\CCn3c2nc2cc(N4CCN(C)CC4)c(F)cc2c3=O)cc1. The summed E-state index contributed by atoms with van der Waals surface area (Å²) in [7, 11) is 2.06. The molecule has 9 heteroatoms. The number of rotatable bonds is 9. The number of nitrogens with one attached hydrogen (secondary N) is 1. The van der Waals surface area contributed by atoms with Gasteiger partial charge in [-0.2, -0.15) is 0 Å². The number of anilines is 2. The van der Waals surface area contributed by atoms with Crippen LogP contribution in [-0.4, -0.2) is 78.1 Å². The molecule has 1 saturated heterocycles. The molecule has 0 atom stereocenters. The number of allylic oxidation sites excluding steroid dienone is 1. The fourth-order valence-electron chi connectivity index (χ4n) is 5.54. The fourth-order valence-corrected chi connectivity index (χ4v) is 5.54. The average molecular weight is 547 g/mol. The van der Waals surface area contributed by atoms with Crippen LogP contribution in [0.3, 0.4) is 0 Å². The van der Waals surface area contributed by atoms with E-state index in [1.807, 2.05) is 35.2 Å². The molecule has 0 bridgehead atoms. The van der Waals surface area contributed by atoms with Crippen LogP contribution in [0.15, 0.2) is 41.2 Å². The number of aromatic nitrogens is 2. The van der Waals surface area contributed by atoms with E-state index < -0.39 is 0 Å². The van der Waals surface area contributed by atoms with E-state index in [4.69, 9.17) is 4.98 Å². The maximum absolute atomic E-state index is 15.1. The van der Waals surface area contributed by atoms with Gasteiger partial charge >= 0.3 is 0 Å². The molecule has 8 nitrogen and oxygen atoms in total. The number of amides is 1. The van der Waals surface area contributed by atoms with Gasteiger partial charge in [-0.3, -0.25) is 14.2 Å². The van der Waals surface area contributed by atoms with E-state index in [9.17, 15) is 9.59 Å². The third-order valence-corrected chi connectivity index (χ3v) is 8.07. The minimum Gasteiger partial charge on any atom is -0.367 e. The Hall–Kier alpha value is -3.56. The predicted octanol–water partition coefficient (Wildman–Crippen LogP) is 4.29. The standard InChI is InChI=1S/C31H39FN6O2/c1-4-36(5-2)13-6-7-29(39)33-24-10-8-22(9-11-24)19-23-12-14-38-30(23)34-27-21-28(26(32)20-25(27)31(38)40)37-17-15-35(3)16-18-37/h8-11,19-21H,4-7,12-18H2,1-3H3,(H,33,39)/b23-19+. The molecule has 2 aliphatic heterocycles. The number of halogens is 1. The second-order valence-corrected chi connectivity index (χ2v) is 10.7. The van der Waals surface area contributed by atoms with E-state index in [0.29, 0.717) is 41.8 Å². The van der Waals surface area contributed by atoms with Crippen LogP contribution in [0.1, 0.15) is 44.5 Å². The van der Waals surface area contributed by atoms with Gasteiger partial charge in [-0.05, 0) is 81.0 Å². The van der Waals surface area contributed by atoms with Crippen molar-refractivity contribution < 1.29 is 9.18 Å². The smallest absolute Gasteiger partial charge is 0.261 e. The molecule has 0 unspecified atom stereocenters. The highest BCUT2D eigenvalue weighted by molar-refractivity contribution is 5.91. The van der Waals surface area contributed by atoms with E-state index >= 15 is 4.39 Å². The first-order valence-corrected chi connectivity index (χ1v) is 14.4. The monoisotopic (exact) mass is 546 g/mol. The van der Waals surface area contributed by atoms with Crippen molar-refractivity contribution in [2.24, 2.45) is 0 Å². The molecule has 3 heterocycles. The fraction of sp³-hybridized carbons (Fsp3) is 0.452. The van der Waals surface area contributed by atoms with Gasteiger partial charge in [0.2, 0.25) is 5.91 Å². The summed E-state index contributed by atoms with van der Waals surface area (Å²) >= 11 is 0. The molecular formula is C31H39FN6O2. The minimum absolute atomic E-state index is 0.0193. The third-order valence-electron chi connectivity index (χ3n) is 8.07. The van der Waals surface area contributed by atoms with Crippen molar-refractivity contribution in [2.45, 2.75) is 39.7 Å². The van der Waals surface area contributed by atoms with E-state index in [1.165, 1.54) is 6.07 Å². The van der Waals surface area contributed by atoms with Gasteiger partial charge in [0.05, 0.1) is 16.6 Å². The van der Waals surface area contributed by atoms with Gasteiger partial charge in [-0.1, -0.05) is 26.0 Å². The first kappa shape index (κ1) is 28.0. The summed E-state index contributed by atoms with van der Waals surface area (Å²) in [5, 5.41) is 3.30. The number of carbonyl (C=O) groups is 1. The summed E-state index contributed by atoms with van der Waals surface area (Å²) in [5.41, 5.74) is 3.53. The maximum Gasteiger partial charge on any atom is 0.261 e. The van der Waals surface area contributed by atoms with Crippen molar-refractivity contribution in [1.82, 2.24) is 19.4 Å². The van der Waals surface area contributed by atoms with E-state index in [0.717, 1.165) is 69.1 Å². The number of hydrogen-bond donors (Lipinski definition) is 1. The first-order chi connectivity index (χ1) is 19.4. The Bertz CT molecular complexity index is 1450. The highest BCUT2D eigenvalue weighted by atomic mass is 19.1. The lowest BCUT2D eigenvalue weighted by Crippen LogP contribution is -2.44. The number of piperazine rings is 1. The minimum atomic E-state index is -0.374. The number of likely N-dealkylation sites (N-methyl/N-ethyl adjacent to an activating group) is 1. The quantitative estimate of drug-likeness (QED) is 0.432. The molecule has 0 aliphatic carbocycles. The Kier molecular flexibility index (Phi) is 8.61. The number of carbonyl (C=O) groups excluding carboxylic acids is 1. The molecular weight excluding hydrogens is 507 g/mol. The van der Waals surface area contributed by atoms with Crippen LogP contribution in [0, 0.1) is 5.82 Å². The summed E-state index contributed by atoms with van der Waals surface area (Å²) in [6.45, 7) is 10.9. The number of hydrogen-bond acceptors (Lipinski definition) is 6. The zero-order valence-corrected chi connectivity index (χ0v) is 23.8. The molecule has 1 amide bonds. The Morgan fingerprint density at radius 2 is 1.80 bits per heavy atom. The molecule has 1 fully saturated rings. The van der Waals surface area contributed by atoms with Crippen molar-refractivity contribution >= 4 is 39.8 Å². The van der Waals surface area contributed by atoms with Gasteiger partial charge in [0.15, 0.2) is 0 Å². The van der Waals surface area contributed by atoms with Gasteiger partial charge in [-0.15, -0.1) is 0 Å². The Labute approximate surface area is 235 Å². The molecule has 0 saturated carbocycles. The second kappa shape index (κ2) is 12.3. The van der Waals surface area contributed by atoms with E-state index in [2.05, 4.69) is 36.0 Å². The van der Waals surface area contributed by atoms with Crippen molar-refractivity contribution in [3.63, 3.8) is 0 Å². The molecule has 40 heavy (non-hydrogen) atoms. The lowest BCUT2D eigenvalue weighted by atomic mass is 10.1. The zero-order chi connectivity index (χ0) is 28.2. The van der Waals surface area contributed by atoms with Crippen molar-refractivity contribution in [2.75, 3.05) is 63.1 Å². The largest absolute Gasteiger partial charge is 0.367 e. The molecule has 5 rings (SSSR count). The molecule has 0 radical (unpaired) electrons. The maximum atomic E-state index is 15.1. The zero-order valence-electron chi connectivity index (χ0n) is 23.8. The average Bonchev–Trinajstić information content (AvgIpc) is 3.35.